The van der Waals surface area contributed by atoms with Gasteiger partial charge in [0.15, 0.2) is 0 Å². The smallest absolute Gasteiger partial charge is 0.320 e. The van der Waals surface area contributed by atoms with Gasteiger partial charge in [-0.1, -0.05) is 12.1 Å². The molecule has 0 aliphatic carbocycles. The molecule has 1 heterocycles. The highest BCUT2D eigenvalue weighted by Gasteiger charge is 2.25. The number of non-ortho nitro benzene ring substituents is 1. The van der Waals surface area contributed by atoms with Gasteiger partial charge in [0.05, 0.1) is 24.1 Å². The van der Waals surface area contributed by atoms with Crippen LogP contribution in [0.4, 0.5) is 5.69 Å². The minimum atomic E-state index is -0.598. The molecule has 11 heteroatoms. The number of carbonyl (C=O) groups is 2. The fourth-order valence-electron chi connectivity index (χ4n) is 4.30. The van der Waals surface area contributed by atoms with E-state index in [1.165, 1.54) is 12.1 Å². The molecule has 0 bridgehead atoms. The Morgan fingerprint density at radius 2 is 1.26 bits per heavy atom. The van der Waals surface area contributed by atoms with E-state index in [-0.39, 0.29) is 30.7 Å². The molecule has 220 valence electrons. The van der Waals surface area contributed by atoms with E-state index in [1.807, 2.05) is 51.3 Å². The van der Waals surface area contributed by atoms with Gasteiger partial charge in [0, 0.05) is 57.9 Å². The maximum atomic E-state index is 12.5. The average molecular weight is 551 g/mol. The van der Waals surface area contributed by atoms with E-state index in [2.05, 4.69) is 4.90 Å². The summed E-state index contributed by atoms with van der Waals surface area (Å²) < 4.78 is 11.0. The monoisotopic (exact) mass is 550 g/mol. The summed E-state index contributed by atoms with van der Waals surface area (Å²) in [7, 11) is 0. The normalized spacial score (nSPS) is 17.5. The first-order chi connectivity index (χ1) is 18.1. The van der Waals surface area contributed by atoms with Gasteiger partial charge in [-0.25, -0.2) is 0 Å². The van der Waals surface area contributed by atoms with Crippen molar-refractivity contribution >= 4 is 17.6 Å². The van der Waals surface area contributed by atoms with Crippen LogP contribution < -0.4 is 0 Å². The zero-order valence-corrected chi connectivity index (χ0v) is 24.4. The second-order valence-corrected chi connectivity index (χ2v) is 12.1. The molecule has 0 radical (unpaired) electrons. The number of nitrogens with zero attached hydrogens (tertiary/aromatic N) is 4. The van der Waals surface area contributed by atoms with E-state index < -0.39 is 22.2 Å². The van der Waals surface area contributed by atoms with E-state index >= 15 is 0 Å². The van der Waals surface area contributed by atoms with E-state index in [0.29, 0.717) is 58.7 Å². The van der Waals surface area contributed by atoms with Gasteiger partial charge in [-0.05, 0) is 59.9 Å². The van der Waals surface area contributed by atoms with Gasteiger partial charge in [0.2, 0.25) is 0 Å². The van der Waals surface area contributed by atoms with Gasteiger partial charge in [0.1, 0.15) is 11.2 Å². The Labute approximate surface area is 232 Å². The first-order valence-corrected chi connectivity index (χ1v) is 13.6. The molecule has 1 unspecified atom stereocenters. The molecule has 1 saturated heterocycles. The number of β-amino-alcohol motifs (C(OH)–C–C–N with tert-alkyl or cyclic N) is 1. The number of aryl methyl sites for hydroxylation is 1. The first-order valence-electron chi connectivity index (χ1n) is 13.6. The third-order valence-electron chi connectivity index (χ3n) is 6.13. The number of ether oxygens (including phenoxy) is 2. The Morgan fingerprint density at radius 3 is 1.64 bits per heavy atom. The fourth-order valence-corrected chi connectivity index (χ4v) is 4.30. The predicted molar refractivity (Wildman–Crippen MR) is 148 cm³/mol. The average Bonchev–Trinajstić information content (AvgIpc) is 2.87. The van der Waals surface area contributed by atoms with Crippen molar-refractivity contribution in [3.8, 4) is 0 Å². The van der Waals surface area contributed by atoms with Crippen molar-refractivity contribution < 1.29 is 29.1 Å². The van der Waals surface area contributed by atoms with Crippen molar-refractivity contribution in [1.29, 1.82) is 0 Å². The molecule has 0 saturated carbocycles. The van der Waals surface area contributed by atoms with Gasteiger partial charge in [-0.15, -0.1) is 0 Å². The molecular weight excluding hydrogens is 504 g/mol. The number of rotatable bonds is 10. The Balaban J connectivity index is 2.01. The SMILES string of the molecule is CC(C)(C)OC(=O)CN1CCN(CC(=O)OC(C)(C)C)CCN(CC(O)CCc2ccc([N+](=O)[O-])cc2)CC1. The van der Waals surface area contributed by atoms with Crippen molar-refractivity contribution in [2.24, 2.45) is 0 Å². The number of carbonyl (C=O) groups excluding carboxylic acids is 2. The van der Waals surface area contributed by atoms with Crippen LogP contribution in [0.3, 0.4) is 0 Å². The predicted octanol–water partition coefficient (Wildman–Crippen LogP) is 2.49. The molecule has 2 rings (SSSR count). The number of hydrogen-bond acceptors (Lipinski definition) is 10. The van der Waals surface area contributed by atoms with Crippen LogP contribution in [0.2, 0.25) is 0 Å². The third-order valence-corrected chi connectivity index (χ3v) is 6.13. The number of aliphatic hydroxyl groups excluding tert-OH is 1. The molecule has 1 aromatic rings. The van der Waals surface area contributed by atoms with Crippen LogP contribution in [0.15, 0.2) is 24.3 Å². The van der Waals surface area contributed by atoms with Crippen LogP contribution in [-0.2, 0) is 25.5 Å². The van der Waals surface area contributed by atoms with Crippen LogP contribution in [-0.4, -0.2) is 113 Å². The second-order valence-electron chi connectivity index (χ2n) is 12.1. The van der Waals surface area contributed by atoms with Crippen molar-refractivity contribution in [3.05, 3.63) is 39.9 Å². The molecule has 1 atom stereocenters. The summed E-state index contributed by atoms with van der Waals surface area (Å²) in [6, 6.07) is 6.38. The van der Waals surface area contributed by atoms with Crippen LogP contribution in [0.1, 0.15) is 53.5 Å². The van der Waals surface area contributed by atoms with Gasteiger partial charge in [-0.3, -0.25) is 34.4 Å². The quantitative estimate of drug-likeness (QED) is 0.264. The number of aliphatic hydroxyl groups is 1. The van der Waals surface area contributed by atoms with Crippen molar-refractivity contribution in [2.75, 3.05) is 58.9 Å². The fraction of sp³-hybridized carbons (Fsp3) is 0.714. The maximum absolute atomic E-state index is 12.5. The molecular formula is C28H46N4O7. The lowest BCUT2D eigenvalue weighted by atomic mass is 10.1. The number of nitro groups is 1. The number of nitro benzene ring substituents is 1. The molecule has 1 N–H and O–H groups in total. The summed E-state index contributed by atoms with van der Waals surface area (Å²) in [5.41, 5.74) is -0.169. The highest BCUT2D eigenvalue weighted by Crippen LogP contribution is 2.15. The molecule has 11 nitrogen and oxygen atoms in total. The van der Waals surface area contributed by atoms with Gasteiger partial charge < -0.3 is 14.6 Å². The lowest BCUT2D eigenvalue weighted by Crippen LogP contribution is -2.42. The van der Waals surface area contributed by atoms with Crippen molar-refractivity contribution in [1.82, 2.24) is 14.7 Å². The van der Waals surface area contributed by atoms with E-state index in [0.717, 1.165) is 5.56 Å². The minimum Gasteiger partial charge on any atom is -0.459 e. The van der Waals surface area contributed by atoms with Crippen LogP contribution in [0.5, 0.6) is 0 Å². The van der Waals surface area contributed by atoms with Gasteiger partial charge in [0.25, 0.3) is 5.69 Å². The van der Waals surface area contributed by atoms with E-state index in [4.69, 9.17) is 9.47 Å². The summed E-state index contributed by atoms with van der Waals surface area (Å²) >= 11 is 0. The maximum Gasteiger partial charge on any atom is 0.320 e. The molecule has 1 aromatic carbocycles. The highest BCUT2D eigenvalue weighted by atomic mass is 16.6. The lowest BCUT2D eigenvalue weighted by Gasteiger charge is -2.28. The minimum absolute atomic E-state index is 0.0443. The highest BCUT2D eigenvalue weighted by molar-refractivity contribution is 5.72. The zero-order chi connectivity index (χ0) is 29.2. The summed E-state index contributed by atoms with van der Waals surface area (Å²) in [5, 5.41) is 21.7. The van der Waals surface area contributed by atoms with Gasteiger partial charge >= 0.3 is 11.9 Å². The summed E-state index contributed by atoms with van der Waals surface area (Å²) in [5.74, 6) is -0.592. The second kappa shape index (κ2) is 14.7. The summed E-state index contributed by atoms with van der Waals surface area (Å²) in [6.45, 7) is 15.5. The molecule has 39 heavy (non-hydrogen) atoms. The van der Waals surface area contributed by atoms with Gasteiger partial charge in [-0.2, -0.15) is 0 Å². The number of hydrogen-bond donors (Lipinski definition) is 1. The summed E-state index contributed by atoms with van der Waals surface area (Å²) in [4.78, 5) is 41.7. The van der Waals surface area contributed by atoms with Crippen molar-refractivity contribution in [2.45, 2.75) is 71.7 Å². The molecule has 0 spiro atoms. The number of benzene rings is 1. The van der Waals surface area contributed by atoms with Crippen LogP contribution in [0.25, 0.3) is 0 Å². The lowest BCUT2D eigenvalue weighted by molar-refractivity contribution is -0.384. The topological polar surface area (TPSA) is 126 Å². The van der Waals surface area contributed by atoms with Crippen LogP contribution >= 0.6 is 0 Å². The largest absolute Gasteiger partial charge is 0.459 e. The van der Waals surface area contributed by atoms with E-state index in [1.54, 1.807) is 12.1 Å². The molecule has 0 aromatic heterocycles. The Kier molecular flexibility index (Phi) is 12.3. The van der Waals surface area contributed by atoms with E-state index in [9.17, 15) is 24.8 Å². The Hall–Kier alpha value is -2.60. The molecule has 1 aliphatic heterocycles. The Bertz CT molecular complexity index is 899. The first kappa shape index (κ1) is 32.6. The molecule has 1 fully saturated rings. The molecule has 1 aliphatic rings. The van der Waals surface area contributed by atoms with Crippen molar-refractivity contribution in [3.63, 3.8) is 0 Å². The third kappa shape index (κ3) is 13.8. The standard InChI is InChI=1S/C28H46N4O7/c1-27(2,3)38-25(34)20-30-15-13-29(14-16-31(18-17-30)21-26(35)39-28(4,5)6)19-24(33)12-9-22-7-10-23(11-8-22)32(36)37/h7-8,10-11,24,33H,9,12-21H2,1-6H3. The molecule has 0 amide bonds. The Morgan fingerprint density at radius 1 is 0.846 bits per heavy atom. The van der Waals surface area contributed by atoms with Crippen LogP contribution in [0, 0.1) is 10.1 Å². The zero-order valence-electron chi connectivity index (χ0n) is 24.4. The number of esters is 2. The summed E-state index contributed by atoms with van der Waals surface area (Å²) in [6.07, 6.45) is 0.514.